The largest absolute Gasteiger partial charge is 0.507 e. The van der Waals surface area contributed by atoms with Gasteiger partial charge in [0.2, 0.25) is 5.75 Å². The van der Waals surface area contributed by atoms with Crippen LogP contribution in [0.15, 0.2) is 169 Å². The summed E-state index contributed by atoms with van der Waals surface area (Å²) >= 11 is 7.64. The van der Waals surface area contributed by atoms with Crippen molar-refractivity contribution in [3.63, 3.8) is 0 Å². The standard InChI is InChI=1S/C47H55ClF3N5O6S3.C16H12O5/c1-46(2)20-18-42(34-8-12-37(48)13-9-34)36(31-46)32-55-22-24-56(25-23-55)39-14-10-35(11-15-39)45(57)53-65(60,61)41-16-17-43(44(30-41)64(58,59)47(49,50)51)52-38(19-21-54-26-28-62-29-27-54)33-63-40-6-4-3-5-7-40;1-20-15-12(19)7-10(17)14-11(18)8-13(21-16(14)15)9-5-3-2-4-6-9/h3-17,30,38,52H,18-29,31-33H2,1-2H3,(H,53,57);2-8,17,19H,1H3/t38-;/m1./s1. The molecule has 10 rings (SSSR count). The topological polar surface area (TPSA) is 208 Å². The summed E-state index contributed by atoms with van der Waals surface area (Å²) in [6.45, 7) is 11.6. The summed E-state index contributed by atoms with van der Waals surface area (Å²) in [6.07, 6.45) is 3.60. The number of alkyl halides is 3. The molecule has 0 bridgehead atoms. The number of fused-ring (bicyclic) bond motifs is 1. The number of piperazine rings is 1. The molecule has 4 N–H and O–H groups in total. The van der Waals surface area contributed by atoms with Crippen molar-refractivity contribution < 1.29 is 58.9 Å². The number of phenols is 2. The number of nitrogens with zero attached hydrogens (tertiary/aromatic N) is 3. The number of allylic oxidation sites excluding steroid dienone is 1. The first-order valence-corrected chi connectivity index (χ1v) is 32.2. The second-order valence-corrected chi connectivity index (χ2v) is 27.1. The first-order valence-electron chi connectivity index (χ1n) is 27.9. The summed E-state index contributed by atoms with van der Waals surface area (Å²) in [7, 11) is -9.54. The summed E-state index contributed by atoms with van der Waals surface area (Å²) in [4.78, 5) is 31.2. The number of methoxy groups -OCH3 is 1. The molecular weight excluding hydrogens is 1190 g/mol. The van der Waals surface area contributed by atoms with Crippen LogP contribution in [0.1, 0.15) is 55.5 Å². The van der Waals surface area contributed by atoms with Crippen LogP contribution in [0.3, 0.4) is 0 Å². The van der Waals surface area contributed by atoms with Gasteiger partial charge in [0.1, 0.15) is 21.8 Å². The Balaban J connectivity index is 0.000000351. The van der Waals surface area contributed by atoms with Crippen LogP contribution in [-0.2, 0) is 24.6 Å². The minimum atomic E-state index is -6.05. The number of nitrogens with one attached hydrogen (secondary N) is 2. The molecule has 1 aromatic heterocycles. The highest BCUT2D eigenvalue weighted by Gasteiger charge is 2.48. The van der Waals surface area contributed by atoms with E-state index in [1.54, 1.807) is 24.3 Å². The average molecular weight is 1260 g/mol. The molecule has 23 heteroatoms. The molecule has 16 nitrogen and oxygen atoms in total. The molecule has 2 saturated heterocycles. The van der Waals surface area contributed by atoms with E-state index < -0.39 is 58.2 Å². The van der Waals surface area contributed by atoms with Gasteiger partial charge in [-0.1, -0.05) is 91.7 Å². The number of phenolic OH excluding ortho intramolecular Hbond substituents is 2. The van der Waals surface area contributed by atoms with Crippen LogP contribution in [-0.4, -0.2) is 133 Å². The Kier molecular flexibility index (Phi) is 20.2. The van der Waals surface area contributed by atoms with E-state index in [2.05, 4.69) is 46.0 Å². The van der Waals surface area contributed by atoms with E-state index in [1.807, 2.05) is 65.4 Å². The Morgan fingerprint density at radius 2 is 1.47 bits per heavy atom. The number of sulfonamides is 1. The lowest BCUT2D eigenvalue weighted by Crippen LogP contribution is -2.47. The lowest BCUT2D eigenvalue weighted by molar-refractivity contribution is -0.0436. The van der Waals surface area contributed by atoms with Crippen molar-refractivity contribution in [1.29, 1.82) is 0 Å². The Morgan fingerprint density at radius 3 is 2.12 bits per heavy atom. The molecule has 3 aliphatic rings. The van der Waals surface area contributed by atoms with Crippen molar-refractivity contribution in [2.24, 2.45) is 5.41 Å². The quantitative estimate of drug-likeness (QED) is 0.0589. The van der Waals surface area contributed by atoms with Crippen molar-refractivity contribution >= 4 is 77.0 Å². The van der Waals surface area contributed by atoms with Crippen molar-refractivity contribution in [2.75, 3.05) is 88.7 Å². The fourth-order valence-electron chi connectivity index (χ4n) is 10.7. The number of sulfone groups is 1. The minimum absolute atomic E-state index is 0.00186. The number of hydrogen-bond donors (Lipinski definition) is 4. The van der Waals surface area contributed by atoms with Crippen LogP contribution < -0.4 is 25.1 Å². The van der Waals surface area contributed by atoms with Crippen molar-refractivity contribution in [2.45, 2.75) is 65.8 Å². The number of thioether (sulfide) groups is 1. The molecule has 0 unspecified atom stereocenters. The SMILES string of the molecule is CC1(C)CCC(c2ccc(Cl)cc2)=C(CN2CCN(c3ccc(C(=O)NS(=O)(=O)c4ccc(N[C@H](CCN5CCOCC5)CSc5ccccc5)c(S(=O)(=O)C(F)(F)F)c4)cc3)CC2)C1.COc1c(O)cc(O)c2c(=O)cc(-c3ccccc3)oc12. The van der Waals surface area contributed by atoms with Gasteiger partial charge in [0.05, 0.1) is 30.9 Å². The van der Waals surface area contributed by atoms with Gasteiger partial charge in [-0.15, -0.1) is 11.8 Å². The van der Waals surface area contributed by atoms with E-state index in [-0.39, 0.29) is 39.2 Å². The maximum absolute atomic E-state index is 14.2. The monoisotopic (exact) mass is 1260 g/mol. The molecule has 1 amide bonds. The second-order valence-electron chi connectivity index (χ2n) is 22.0. The highest BCUT2D eigenvalue weighted by molar-refractivity contribution is 7.99. The van der Waals surface area contributed by atoms with Crippen LogP contribution in [0, 0.1) is 5.41 Å². The predicted molar refractivity (Wildman–Crippen MR) is 330 cm³/mol. The molecule has 1 atom stereocenters. The smallest absolute Gasteiger partial charge is 0.501 e. The van der Waals surface area contributed by atoms with Crippen LogP contribution in [0.4, 0.5) is 24.5 Å². The Hall–Kier alpha value is -7.05. The Labute approximate surface area is 507 Å². The summed E-state index contributed by atoms with van der Waals surface area (Å²) in [5.41, 5.74) is -0.701. The Morgan fingerprint density at radius 1 is 0.802 bits per heavy atom. The van der Waals surface area contributed by atoms with Crippen molar-refractivity contribution in [3.05, 3.63) is 171 Å². The number of halogens is 4. The van der Waals surface area contributed by atoms with Gasteiger partial charge in [0.25, 0.3) is 25.8 Å². The maximum Gasteiger partial charge on any atom is 0.501 e. The molecule has 2 fully saturated rings. The van der Waals surface area contributed by atoms with E-state index in [9.17, 15) is 49.8 Å². The fourth-order valence-corrected chi connectivity index (χ4v) is 13.9. The molecule has 86 heavy (non-hydrogen) atoms. The van der Waals surface area contributed by atoms with Gasteiger partial charge in [0, 0.05) is 103 Å². The highest BCUT2D eigenvalue weighted by Crippen LogP contribution is 2.44. The summed E-state index contributed by atoms with van der Waals surface area (Å²) in [5, 5.41) is 23.3. The van der Waals surface area contributed by atoms with Crippen LogP contribution in [0.2, 0.25) is 5.02 Å². The van der Waals surface area contributed by atoms with Gasteiger partial charge < -0.3 is 34.3 Å². The minimum Gasteiger partial charge on any atom is -0.507 e. The number of morpholine rings is 1. The number of anilines is 2. The molecule has 2 aliphatic heterocycles. The molecule has 1 aliphatic carbocycles. The van der Waals surface area contributed by atoms with Crippen LogP contribution in [0.5, 0.6) is 17.2 Å². The molecular formula is C63H67ClF3N5O11S3. The lowest BCUT2D eigenvalue weighted by Gasteiger charge is -2.39. The van der Waals surface area contributed by atoms with Gasteiger partial charge in [-0.3, -0.25) is 19.4 Å². The first-order chi connectivity index (χ1) is 41.0. The number of amides is 1. The van der Waals surface area contributed by atoms with Crippen LogP contribution in [0.25, 0.3) is 27.9 Å². The van der Waals surface area contributed by atoms with Gasteiger partial charge in [0.15, 0.2) is 16.8 Å². The molecule has 0 saturated carbocycles. The lowest BCUT2D eigenvalue weighted by atomic mass is 9.73. The molecule has 0 radical (unpaired) electrons. The average Bonchev–Trinajstić information content (AvgIpc) is 0.998. The number of ether oxygens (including phenoxy) is 2. The molecule has 7 aromatic rings. The van der Waals surface area contributed by atoms with E-state index in [4.69, 9.17) is 25.5 Å². The molecule has 0 spiro atoms. The van der Waals surface area contributed by atoms with E-state index in [1.165, 1.54) is 53.8 Å². The zero-order valence-corrected chi connectivity index (χ0v) is 50.8. The van der Waals surface area contributed by atoms with Gasteiger partial charge in [-0.25, -0.2) is 21.6 Å². The predicted octanol–water partition coefficient (Wildman–Crippen LogP) is 11.7. The number of benzene rings is 6. The summed E-state index contributed by atoms with van der Waals surface area (Å²) in [5.74, 6) is -0.957. The zero-order valence-electron chi connectivity index (χ0n) is 47.6. The number of hydrogen-bond acceptors (Lipinski definition) is 16. The van der Waals surface area contributed by atoms with Crippen molar-refractivity contribution in [1.82, 2.24) is 14.5 Å². The first kappa shape index (κ1) is 63.5. The van der Waals surface area contributed by atoms with E-state index in [0.29, 0.717) is 67.4 Å². The third-order valence-electron chi connectivity index (χ3n) is 15.4. The van der Waals surface area contributed by atoms with E-state index >= 15 is 0 Å². The summed E-state index contributed by atoms with van der Waals surface area (Å²) < 4.78 is 114. The fraction of sp³-hybridized carbons (Fsp3) is 0.333. The van der Waals surface area contributed by atoms with Gasteiger partial charge in [-0.05, 0) is 109 Å². The number of carbonyl (C=O) groups is 1. The third kappa shape index (κ3) is 15.6. The normalized spacial score (nSPS) is 16.5. The van der Waals surface area contributed by atoms with Crippen molar-refractivity contribution in [3.8, 4) is 28.6 Å². The van der Waals surface area contributed by atoms with Gasteiger partial charge in [-0.2, -0.15) is 13.2 Å². The van der Waals surface area contributed by atoms with E-state index in [0.717, 1.165) is 80.8 Å². The molecule has 6 aromatic carbocycles. The zero-order chi connectivity index (χ0) is 61.4. The maximum atomic E-state index is 14.2. The Bertz CT molecular complexity index is 3840. The van der Waals surface area contributed by atoms with Gasteiger partial charge >= 0.3 is 5.51 Å². The highest BCUT2D eigenvalue weighted by atomic mass is 35.5. The molecule has 456 valence electrons. The number of carbonyl (C=O) groups excluding carboxylic acids is 1. The third-order valence-corrected chi connectivity index (χ3v) is 19.6. The number of aromatic hydroxyl groups is 2. The molecule has 3 heterocycles. The van der Waals surface area contributed by atoms with Crippen LogP contribution >= 0.6 is 23.4 Å². The second kappa shape index (κ2) is 27.3. The summed E-state index contributed by atoms with van der Waals surface area (Å²) in [6, 6.07) is 37.2. The number of rotatable bonds is 18.